The Morgan fingerprint density at radius 1 is 1.00 bits per heavy atom. The second kappa shape index (κ2) is 4.98. The van der Waals surface area contributed by atoms with E-state index in [0.29, 0.717) is 11.4 Å². The van der Waals surface area contributed by atoms with Crippen molar-refractivity contribution in [3.63, 3.8) is 0 Å². The molecule has 0 unspecified atom stereocenters. The SMILES string of the molecule is NNc1ccc(NS(=O)(=O)c2ncccn2)cc1. The predicted molar refractivity (Wildman–Crippen MR) is 67.1 cm³/mol. The van der Waals surface area contributed by atoms with Crippen LogP contribution in [0, 0.1) is 0 Å². The standard InChI is InChI=1S/C10H11N5O2S/c11-14-8-2-4-9(5-3-8)15-18(16,17)10-12-6-1-7-13-10/h1-7,14-15H,11H2. The largest absolute Gasteiger partial charge is 0.324 e. The number of nitrogens with zero attached hydrogens (tertiary/aromatic N) is 2. The topological polar surface area (TPSA) is 110 Å². The van der Waals surface area contributed by atoms with E-state index in [2.05, 4.69) is 20.1 Å². The van der Waals surface area contributed by atoms with E-state index in [-0.39, 0.29) is 5.16 Å². The zero-order valence-electron chi connectivity index (χ0n) is 9.24. The Morgan fingerprint density at radius 2 is 1.56 bits per heavy atom. The van der Waals surface area contributed by atoms with Gasteiger partial charge in [0.1, 0.15) is 0 Å². The van der Waals surface area contributed by atoms with Gasteiger partial charge in [-0.05, 0) is 30.3 Å². The highest BCUT2D eigenvalue weighted by Crippen LogP contribution is 2.15. The third-order valence-corrected chi connectivity index (χ3v) is 3.28. The Bertz CT molecular complexity index is 612. The molecule has 7 nitrogen and oxygen atoms in total. The van der Waals surface area contributed by atoms with Gasteiger partial charge in [-0.1, -0.05) is 0 Å². The van der Waals surface area contributed by atoms with Crippen LogP contribution in [0.2, 0.25) is 0 Å². The molecule has 0 radical (unpaired) electrons. The molecule has 94 valence electrons. The van der Waals surface area contributed by atoms with Crippen LogP contribution in [0.5, 0.6) is 0 Å². The highest BCUT2D eigenvalue weighted by Gasteiger charge is 2.16. The Kier molecular flexibility index (Phi) is 3.40. The third-order valence-electron chi connectivity index (χ3n) is 2.09. The number of hydrogen-bond acceptors (Lipinski definition) is 6. The molecule has 4 N–H and O–H groups in total. The monoisotopic (exact) mass is 265 g/mol. The highest BCUT2D eigenvalue weighted by molar-refractivity contribution is 7.92. The van der Waals surface area contributed by atoms with E-state index in [1.165, 1.54) is 12.4 Å². The molecular weight excluding hydrogens is 254 g/mol. The number of hydrogen-bond donors (Lipinski definition) is 3. The van der Waals surface area contributed by atoms with Crippen molar-refractivity contribution >= 4 is 21.4 Å². The van der Waals surface area contributed by atoms with E-state index in [9.17, 15) is 8.42 Å². The minimum atomic E-state index is -3.76. The van der Waals surface area contributed by atoms with Crippen LogP contribution >= 0.6 is 0 Å². The van der Waals surface area contributed by atoms with Crippen LogP contribution in [-0.4, -0.2) is 18.4 Å². The first-order chi connectivity index (χ1) is 8.62. The van der Waals surface area contributed by atoms with E-state index in [4.69, 9.17) is 5.84 Å². The van der Waals surface area contributed by atoms with E-state index < -0.39 is 10.0 Å². The van der Waals surface area contributed by atoms with Crippen LogP contribution in [0.1, 0.15) is 0 Å². The van der Waals surface area contributed by atoms with Crippen LogP contribution < -0.4 is 16.0 Å². The number of nitrogen functional groups attached to an aromatic ring is 1. The molecule has 2 rings (SSSR count). The second-order valence-corrected chi connectivity index (χ2v) is 4.93. The van der Waals surface area contributed by atoms with Crippen LogP contribution in [-0.2, 0) is 10.0 Å². The van der Waals surface area contributed by atoms with Crippen LogP contribution in [0.3, 0.4) is 0 Å². The summed E-state index contributed by atoms with van der Waals surface area (Å²) in [6, 6.07) is 7.99. The molecule has 0 atom stereocenters. The van der Waals surface area contributed by atoms with E-state index >= 15 is 0 Å². The molecule has 1 aromatic carbocycles. The first-order valence-corrected chi connectivity index (χ1v) is 6.47. The van der Waals surface area contributed by atoms with Crippen molar-refractivity contribution in [3.05, 3.63) is 42.7 Å². The molecule has 0 aliphatic carbocycles. The number of anilines is 2. The molecule has 0 aliphatic rings. The van der Waals surface area contributed by atoms with Gasteiger partial charge in [-0.15, -0.1) is 0 Å². The maximum atomic E-state index is 11.9. The van der Waals surface area contributed by atoms with Crippen LogP contribution in [0.15, 0.2) is 47.9 Å². The average molecular weight is 265 g/mol. The molecule has 8 heteroatoms. The molecule has 2 aromatic rings. The summed E-state index contributed by atoms with van der Waals surface area (Å²) < 4.78 is 26.1. The Balaban J connectivity index is 2.22. The third kappa shape index (κ3) is 2.73. The predicted octanol–water partition coefficient (Wildman–Crippen LogP) is 0.563. The number of aromatic nitrogens is 2. The van der Waals surface area contributed by atoms with Crippen molar-refractivity contribution in [1.29, 1.82) is 0 Å². The van der Waals surface area contributed by atoms with Gasteiger partial charge in [-0.3, -0.25) is 10.6 Å². The quantitative estimate of drug-likeness (QED) is 0.423. The summed E-state index contributed by atoms with van der Waals surface area (Å²) in [5, 5.41) is -0.272. The molecule has 1 heterocycles. The molecular formula is C10H11N5O2S. The van der Waals surface area contributed by atoms with Gasteiger partial charge in [-0.2, -0.15) is 8.42 Å². The maximum absolute atomic E-state index is 11.9. The lowest BCUT2D eigenvalue weighted by atomic mass is 10.3. The zero-order chi connectivity index (χ0) is 13.0. The highest BCUT2D eigenvalue weighted by atomic mass is 32.2. The summed E-state index contributed by atoms with van der Waals surface area (Å²) in [6.07, 6.45) is 2.73. The summed E-state index contributed by atoms with van der Waals surface area (Å²) in [6.45, 7) is 0. The molecule has 0 spiro atoms. The van der Waals surface area contributed by atoms with Gasteiger partial charge >= 0.3 is 0 Å². The molecule has 0 saturated heterocycles. The van der Waals surface area contributed by atoms with Crippen molar-refractivity contribution in [2.24, 2.45) is 5.84 Å². The number of sulfonamides is 1. The normalized spacial score (nSPS) is 10.9. The lowest BCUT2D eigenvalue weighted by Gasteiger charge is -2.07. The maximum Gasteiger partial charge on any atom is 0.297 e. The number of benzene rings is 1. The van der Waals surface area contributed by atoms with Gasteiger partial charge in [-0.25, -0.2) is 9.97 Å². The molecule has 0 saturated carbocycles. The first-order valence-electron chi connectivity index (χ1n) is 4.98. The number of rotatable bonds is 4. The number of nitrogens with one attached hydrogen (secondary N) is 2. The summed E-state index contributed by atoms with van der Waals surface area (Å²) >= 11 is 0. The summed E-state index contributed by atoms with van der Waals surface area (Å²) in [4.78, 5) is 7.37. The second-order valence-electron chi connectivity index (χ2n) is 3.36. The van der Waals surface area contributed by atoms with Crippen LogP contribution in [0.25, 0.3) is 0 Å². The van der Waals surface area contributed by atoms with Gasteiger partial charge in [0.25, 0.3) is 15.2 Å². The van der Waals surface area contributed by atoms with Crippen LogP contribution in [0.4, 0.5) is 11.4 Å². The van der Waals surface area contributed by atoms with Gasteiger partial charge < -0.3 is 5.43 Å². The summed E-state index contributed by atoms with van der Waals surface area (Å²) in [7, 11) is -3.76. The summed E-state index contributed by atoms with van der Waals surface area (Å²) in [5.41, 5.74) is 3.53. The fourth-order valence-electron chi connectivity index (χ4n) is 1.26. The Labute approximate surface area is 104 Å². The minimum Gasteiger partial charge on any atom is -0.324 e. The van der Waals surface area contributed by atoms with Gasteiger partial charge in [0, 0.05) is 23.8 Å². The fraction of sp³-hybridized carbons (Fsp3) is 0. The lowest BCUT2D eigenvalue weighted by molar-refractivity contribution is 0.592. The van der Waals surface area contributed by atoms with Crippen molar-refractivity contribution < 1.29 is 8.42 Å². The zero-order valence-corrected chi connectivity index (χ0v) is 10.1. The van der Waals surface area contributed by atoms with E-state index in [1.807, 2.05) is 0 Å². The van der Waals surface area contributed by atoms with Crippen molar-refractivity contribution in [2.75, 3.05) is 10.1 Å². The van der Waals surface area contributed by atoms with Crippen molar-refractivity contribution in [1.82, 2.24) is 9.97 Å². The fourth-order valence-corrected chi connectivity index (χ4v) is 2.20. The molecule has 0 aliphatic heterocycles. The van der Waals surface area contributed by atoms with Gasteiger partial charge in [0.15, 0.2) is 0 Å². The lowest BCUT2D eigenvalue weighted by Crippen LogP contribution is -2.16. The van der Waals surface area contributed by atoms with Crippen molar-refractivity contribution in [3.8, 4) is 0 Å². The Morgan fingerprint density at radius 3 is 2.11 bits per heavy atom. The first kappa shape index (κ1) is 12.3. The van der Waals surface area contributed by atoms with Gasteiger partial charge in [0.05, 0.1) is 0 Å². The smallest absolute Gasteiger partial charge is 0.297 e. The number of hydrazine groups is 1. The van der Waals surface area contributed by atoms with Crippen molar-refractivity contribution in [2.45, 2.75) is 5.16 Å². The van der Waals surface area contributed by atoms with E-state index in [1.54, 1.807) is 30.3 Å². The minimum absolute atomic E-state index is 0.272. The molecule has 0 bridgehead atoms. The van der Waals surface area contributed by atoms with Gasteiger partial charge in [0.2, 0.25) is 0 Å². The molecule has 1 aromatic heterocycles. The average Bonchev–Trinajstić information content (AvgIpc) is 2.40. The van der Waals surface area contributed by atoms with E-state index in [0.717, 1.165) is 0 Å². The molecule has 0 amide bonds. The summed E-state index contributed by atoms with van der Waals surface area (Å²) in [5.74, 6) is 5.21. The molecule has 0 fully saturated rings. The Hall–Kier alpha value is -2.19. The molecule has 18 heavy (non-hydrogen) atoms. The number of nitrogens with two attached hydrogens (primary N) is 1.